The van der Waals surface area contributed by atoms with E-state index >= 15 is 0 Å². The Kier molecular flexibility index (Phi) is 3.17. The molecule has 0 aliphatic carbocycles. The van der Waals surface area contributed by atoms with Crippen LogP contribution in [0.25, 0.3) is 0 Å². The maximum atomic E-state index is 5.46. The predicted octanol–water partition coefficient (Wildman–Crippen LogP) is 1.88. The van der Waals surface area contributed by atoms with Gasteiger partial charge in [0.25, 0.3) is 0 Å². The van der Waals surface area contributed by atoms with E-state index in [2.05, 4.69) is 49.0 Å². The Labute approximate surface area is 97.6 Å². The van der Waals surface area contributed by atoms with Crippen molar-refractivity contribution < 1.29 is 4.74 Å². The molecular formula is C13H20N2O. The molecular weight excluding hydrogens is 200 g/mol. The van der Waals surface area contributed by atoms with Crippen LogP contribution in [0.5, 0.6) is 5.75 Å². The summed E-state index contributed by atoms with van der Waals surface area (Å²) in [5, 5.41) is 0. The second-order valence-electron chi connectivity index (χ2n) is 4.58. The zero-order valence-corrected chi connectivity index (χ0v) is 10.5. The van der Waals surface area contributed by atoms with E-state index in [0.29, 0.717) is 6.17 Å². The van der Waals surface area contributed by atoms with Gasteiger partial charge in [0, 0.05) is 18.7 Å². The van der Waals surface area contributed by atoms with Crippen molar-refractivity contribution in [2.75, 3.05) is 34.3 Å². The van der Waals surface area contributed by atoms with Crippen molar-refractivity contribution >= 4 is 0 Å². The molecule has 1 aliphatic heterocycles. The first-order valence-electron chi connectivity index (χ1n) is 5.68. The lowest BCUT2D eigenvalue weighted by atomic mass is 10.1. The van der Waals surface area contributed by atoms with Gasteiger partial charge in [-0.2, -0.15) is 0 Å². The molecule has 1 aromatic carbocycles. The molecule has 1 saturated heterocycles. The fourth-order valence-corrected chi connectivity index (χ4v) is 2.43. The van der Waals surface area contributed by atoms with E-state index in [0.717, 1.165) is 18.8 Å². The highest BCUT2D eigenvalue weighted by Crippen LogP contribution is 2.33. The molecule has 1 heterocycles. The number of ether oxygens (including phenoxy) is 1. The minimum Gasteiger partial charge on any atom is -0.496 e. The smallest absolute Gasteiger partial charge is 0.125 e. The minimum absolute atomic E-state index is 0.342. The summed E-state index contributed by atoms with van der Waals surface area (Å²) in [6.07, 6.45) is 0.342. The van der Waals surface area contributed by atoms with E-state index < -0.39 is 0 Å². The van der Waals surface area contributed by atoms with E-state index in [1.165, 1.54) is 11.1 Å². The summed E-state index contributed by atoms with van der Waals surface area (Å²) in [7, 11) is 6.06. The monoisotopic (exact) mass is 220 g/mol. The van der Waals surface area contributed by atoms with Crippen molar-refractivity contribution in [3.05, 3.63) is 29.3 Å². The number of likely N-dealkylation sites (N-methyl/N-ethyl adjacent to an activating group) is 2. The van der Waals surface area contributed by atoms with Crippen molar-refractivity contribution in [1.29, 1.82) is 0 Å². The number of nitrogens with zero attached hydrogens (tertiary/aromatic N) is 2. The van der Waals surface area contributed by atoms with Crippen LogP contribution in [0.4, 0.5) is 0 Å². The molecule has 0 unspecified atom stereocenters. The van der Waals surface area contributed by atoms with Crippen molar-refractivity contribution in [1.82, 2.24) is 9.80 Å². The Bertz CT molecular complexity index is 368. The fourth-order valence-electron chi connectivity index (χ4n) is 2.43. The molecule has 0 aromatic heterocycles. The molecule has 0 radical (unpaired) electrons. The van der Waals surface area contributed by atoms with E-state index in [1.54, 1.807) is 7.11 Å². The highest BCUT2D eigenvalue weighted by atomic mass is 16.5. The Morgan fingerprint density at radius 1 is 1.19 bits per heavy atom. The van der Waals surface area contributed by atoms with Gasteiger partial charge in [0.15, 0.2) is 0 Å². The van der Waals surface area contributed by atoms with Gasteiger partial charge < -0.3 is 4.74 Å². The van der Waals surface area contributed by atoms with E-state index in [9.17, 15) is 0 Å². The van der Waals surface area contributed by atoms with Gasteiger partial charge in [-0.25, -0.2) is 0 Å². The molecule has 0 amide bonds. The van der Waals surface area contributed by atoms with Gasteiger partial charge in [0.1, 0.15) is 5.75 Å². The summed E-state index contributed by atoms with van der Waals surface area (Å²) < 4.78 is 5.46. The third-order valence-corrected chi connectivity index (χ3v) is 3.30. The van der Waals surface area contributed by atoms with E-state index in [-0.39, 0.29) is 0 Å². The van der Waals surface area contributed by atoms with Crippen LogP contribution in [-0.4, -0.2) is 44.1 Å². The van der Waals surface area contributed by atoms with Crippen LogP contribution in [0.3, 0.4) is 0 Å². The van der Waals surface area contributed by atoms with Gasteiger partial charge in [-0.05, 0) is 33.2 Å². The molecule has 3 heteroatoms. The number of hydrogen-bond donors (Lipinski definition) is 0. The molecule has 16 heavy (non-hydrogen) atoms. The van der Waals surface area contributed by atoms with Crippen LogP contribution in [0.15, 0.2) is 18.2 Å². The topological polar surface area (TPSA) is 15.7 Å². The average molecular weight is 220 g/mol. The maximum Gasteiger partial charge on any atom is 0.125 e. The Morgan fingerprint density at radius 3 is 2.38 bits per heavy atom. The van der Waals surface area contributed by atoms with Crippen molar-refractivity contribution in [2.45, 2.75) is 13.1 Å². The van der Waals surface area contributed by atoms with Gasteiger partial charge in [-0.3, -0.25) is 9.80 Å². The van der Waals surface area contributed by atoms with Gasteiger partial charge in [0.05, 0.1) is 13.3 Å². The van der Waals surface area contributed by atoms with Crippen molar-refractivity contribution in [3.8, 4) is 5.75 Å². The molecule has 1 fully saturated rings. The molecule has 0 spiro atoms. The van der Waals surface area contributed by atoms with Crippen molar-refractivity contribution in [2.24, 2.45) is 0 Å². The van der Waals surface area contributed by atoms with Crippen molar-refractivity contribution in [3.63, 3.8) is 0 Å². The predicted molar refractivity (Wildman–Crippen MR) is 65.7 cm³/mol. The summed E-state index contributed by atoms with van der Waals surface area (Å²) in [6, 6.07) is 6.38. The molecule has 0 saturated carbocycles. The summed E-state index contributed by atoms with van der Waals surface area (Å²) in [6.45, 7) is 4.34. The van der Waals surface area contributed by atoms with Gasteiger partial charge in [-0.15, -0.1) is 0 Å². The SMILES string of the molecule is COc1ccc(C)cc1C1N(C)CCN1C. The molecule has 0 atom stereocenters. The molecule has 0 N–H and O–H groups in total. The second kappa shape index (κ2) is 4.44. The first-order chi connectivity index (χ1) is 7.63. The Hall–Kier alpha value is -1.06. The Balaban J connectivity index is 2.41. The van der Waals surface area contributed by atoms with Crippen LogP contribution in [0, 0.1) is 6.92 Å². The van der Waals surface area contributed by atoms with Gasteiger partial charge in [0.2, 0.25) is 0 Å². The number of hydrogen-bond acceptors (Lipinski definition) is 3. The van der Waals surface area contributed by atoms with Crippen LogP contribution >= 0.6 is 0 Å². The minimum atomic E-state index is 0.342. The summed E-state index contributed by atoms with van der Waals surface area (Å²) >= 11 is 0. The number of methoxy groups -OCH3 is 1. The third kappa shape index (κ3) is 1.93. The second-order valence-corrected chi connectivity index (χ2v) is 4.58. The third-order valence-electron chi connectivity index (χ3n) is 3.30. The molecule has 3 nitrogen and oxygen atoms in total. The standard InChI is InChI=1S/C13H20N2O/c1-10-5-6-12(16-4)11(9-10)13-14(2)7-8-15(13)3/h5-6,9,13H,7-8H2,1-4H3. The lowest BCUT2D eigenvalue weighted by Gasteiger charge is -2.27. The largest absolute Gasteiger partial charge is 0.496 e. The highest BCUT2D eigenvalue weighted by molar-refractivity contribution is 5.39. The van der Waals surface area contributed by atoms with E-state index in [1.807, 2.05) is 0 Å². The normalized spacial score (nSPS) is 19.2. The van der Waals surface area contributed by atoms with Crippen LogP contribution in [0.1, 0.15) is 17.3 Å². The number of aryl methyl sites for hydroxylation is 1. The first-order valence-corrected chi connectivity index (χ1v) is 5.68. The number of rotatable bonds is 2. The van der Waals surface area contributed by atoms with Gasteiger partial charge in [-0.1, -0.05) is 11.6 Å². The average Bonchev–Trinajstić information content (AvgIpc) is 2.58. The van der Waals surface area contributed by atoms with E-state index in [4.69, 9.17) is 4.74 Å². The zero-order valence-electron chi connectivity index (χ0n) is 10.5. The molecule has 1 aliphatic rings. The van der Waals surface area contributed by atoms with Crippen LogP contribution in [0.2, 0.25) is 0 Å². The lowest BCUT2D eigenvalue weighted by molar-refractivity contribution is 0.185. The van der Waals surface area contributed by atoms with Crippen LogP contribution < -0.4 is 4.74 Å². The first kappa shape index (κ1) is 11.4. The molecule has 1 aromatic rings. The highest BCUT2D eigenvalue weighted by Gasteiger charge is 2.29. The Morgan fingerprint density at radius 2 is 1.81 bits per heavy atom. The molecule has 2 rings (SSSR count). The molecule has 88 valence electrons. The summed E-state index contributed by atoms with van der Waals surface area (Å²) in [5.41, 5.74) is 2.55. The van der Waals surface area contributed by atoms with Crippen LogP contribution in [-0.2, 0) is 0 Å². The quantitative estimate of drug-likeness (QED) is 0.757. The summed E-state index contributed by atoms with van der Waals surface area (Å²) in [4.78, 5) is 4.72. The van der Waals surface area contributed by atoms with Gasteiger partial charge >= 0.3 is 0 Å². The maximum absolute atomic E-state index is 5.46. The zero-order chi connectivity index (χ0) is 11.7. The summed E-state index contributed by atoms with van der Waals surface area (Å²) in [5.74, 6) is 0.983. The molecule has 0 bridgehead atoms. The fraction of sp³-hybridized carbons (Fsp3) is 0.538. The lowest BCUT2D eigenvalue weighted by Crippen LogP contribution is -2.26. The number of benzene rings is 1.